The minimum absolute atomic E-state index is 0.0687. The van der Waals surface area contributed by atoms with E-state index in [1.165, 1.54) is 13.2 Å². The Morgan fingerprint density at radius 1 is 0.976 bits per heavy atom. The van der Waals surface area contributed by atoms with Crippen molar-refractivity contribution in [2.24, 2.45) is 0 Å². The highest BCUT2D eigenvalue weighted by atomic mass is 19.4. The number of β-amino-alcohol motifs (C(OH)–C–C–N with tert-alkyl or cyclic N) is 2. The van der Waals surface area contributed by atoms with Crippen molar-refractivity contribution in [2.45, 2.75) is 51.6 Å². The molecule has 0 radical (unpaired) electrons. The summed E-state index contributed by atoms with van der Waals surface area (Å²) in [6.07, 6.45) is -0.998. The van der Waals surface area contributed by atoms with Crippen molar-refractivity contribution >= 4 is 22.9 Å². The fourth-order valence-corrected chi connectivity index (χ4v) is 6.43. The summed E-state index contributed by atoms with van der Waals surface area (Å²) in [7, 11) is 1.48. The van der Waals surface area contributed by atoms with Gasteiger partial charge in [-0.15, -0.1) is 0 Å². The van der Waals surface area contributed by atoms with Crippen molar-refractivity contribution in [3.8, 4) is 0 Å². The summed E-state index contributed by atoms with van der Waals surface area (Å²) in [4.78, 5) is 15.7. The molecule has 0 unspecified atom stereocenters. The Labute approximate surface area is 243 Å². The van der Waals surface area contributed by atoms with E-state index in [1.807, 2.05) is 43.9 Å². The number of carbonyl (C=O) groups is 1. The van der Waals surface area contributed by atoms with Gasteiger partial charge in [0.25, 0.3) is 0 Å². The molecule has 6 nitrogen and oxygen atoms in total. The van der Waals surface area contributed by atoms with Crippen molar-refractivity contribution in [2.75, 3.05) is 38.3 Å². The zero-order chi connectivity index (χ0) is 30.8. The molecule has 0 atom stereocenters. The van der Waals surface area contributed by atoms with Gasteiger partial charge < -0.3 is 19.8 Å². The van der Waals surface area contributed by atoms with E-state index in [4.69, 9.17) is 4.74 Å². The van der Waals surface area contributed by atoms with Crippen molar-refractivity contribution < 1.29 is 37.5 Å². The van der Waals surface area contributed by atoms with E-state index in [0.717, 1.165) is 34.6 Å². The summed E-state index contributed by atoms with van der Waals surface area (Å²) < 4.78 is 48.2. The fraction of sp³-hybridized carbons (Fsp3) is 0.394. The van der Waals surface area contributed by atoms with Gasteiger partial charge in [0, 0.05) is 41.1 Å². The molecule has 0 aromatic heterocycles. The number of hydrogen-bond acceptors (Lipinski definition) is 5. The van der Waals surface area contributed by atoms with E-state index in [9.17, 15) is 28.2 Å². The number of benzene rings is 2. The van der Waals surface area contributed by atoms with Crippen molar-refractivity contribution in [1.82, 2.24) is 0 Å². The molecule has 2 heterocycles. The molecule has 0 saturated heterocycles. The highest BCUT2D eigenvalue weighted by molar-refractivity contribution is 6.24. The highest BCUT2D eigenvalue weighted by Gasteiger charge is 2.48. The average molecular weight is 582 g/mol. The molecule has 0 saturated carbocycles. The third-order valence-corrected chi connectivity index (χ3v) is 8.66. The van der Waals surface area contributed by atoms with Crippen molar-refractivity contribution in [1.29, 1.82) is 0 Å². The molecule has 1 aliphatic carbocycles. The maximum atomic E-state index is 13.7. The minimum Gasteiger partial charge on any atom is -0.495 e. The van der Waals surface area contributed by atoms with Crippen LogP contribution in [0.5, 0.6) is 0 Å². The van der Waals surface area contributed by atoms with E-state index in [1.54, 1.807) is 10.7 Å². The number of Topliss-reactive ketones (excluding diaryl/α,β-unsaturated/α-hetero) is 1. The second-order valence-corrected chi connectivity index (χ2v) is 12.0. The molecule has 9 heteroatoms. The number of alkyl halides is 3. The summed E-state index contributed by atoms with van der Waals surface area (Å²) >= 11 is 0. The summed E-state index contributed by atoms with van der Waals surface area (Å²) in [5.74, 6) is 0.143. The van der Waals surface area contributed by atoms with Crippen LogP contribution in [0.1, 0.15) is 49.9 Å². The molecule has 3 aliphatic rings. The number of aliphatic hydroxyl groups excluding tert-OH is 2. The van der Waals surface area contributed by atoms with Gasteiger partial charge in [0.1, 0.15) is 12.4 Å². The van der Waals surface area contributed by atoms with Gasteiger partial charge in [-0.3, -0.25) is 4.79 Å². The first-order valence-electron chi connectivity index (χ1n) is 13.9. The second kappa shape index (κ2) is 10.2. The SMILES string of the molecule is COC1=C(C=C2N(CCO)c3ccc(C)cc3C2(C)C)C(=O)C1=CC1=[N+](CCO)c2ccc(C(F)(F)F)cc2C1(C)C. The number of halogens is 3. The molecule has 0 fully saturated rings. The van der Waals surface area contributed by atoms with Gasteiger partial charge in [-0.05, 0) is 50.6 Å². The molecule has 5 rings (SSSR count). The molecule has 42 heavy (non-hydrogen) atoms. The first-order valence-corrected chi connectivity index (χ1v) is 13.9. The van der Waals surface area contributed by atoms with E-state index in [-0.39, 0.29) is 25.5 Å². The van der Waals surface area contributed by atoms with Gasteiger partial charge in [-0.2, -0.15) is 17.7 Å². The number of allylic oxidation sites excluding steroid dienone is 5. The lowest BCUT2D eigenvalue weighted by Crippen LogP contribution is -2.33. The van der Waals surface area contributed by atoms with Crippen molar-refractivity contribution in [3.63, 3.8) is 0 Å². The van der Waals surface area contributed by atoms with Crippen LogP contribution in [0, 0.1) is 6.92 Å². The Morgan fingerprint density at radius 2 is 1.69 bits per heavy atom. The highest BCUT2D eigenvalue weighted by Crippen LogP contribution is 2.50. The average Bonchev–Trinajstić information content (AvgIpc) is 3.25. The quantitative estimate of drug-likeness (QED) is 0.336. The number of hydrogen-bond donors (Lipinski definition) is 2. The van der Waals surface area contributed by atoms with Gasteiger partial charge in [-0.1, -0.05) is 31.5 Å². The Bertz CT molecular complexity index is 1610. The van der Waals surface area contributed by atoms with Crippen LogP contribution in [0.3, 0.4) is 0 Å². The fourth-order valence-electron chi connectivity index (χ4n) is 6.43. The summed E-state index contributed by atoms with van der Waals surface area (Å²) in [6, 6.07) is 9.77. The molecule has 222 valence electrons. The monoisotopic (exact) mass is 581 g/mol. The number of nitrogens with zero attached hydrogens (tertiary/aromatic N) is 2. The number of aliphatic hydroxyl groups is 2. The smallest absolute Gasteiger partial charge is 0.416 e. The third-order valence-electron chi connectivity index (χ3n) is 8.66. The van der Waals surface area contributed by atoms with Gasteiger partial charge in [-0.25, -0.2) is 0 Å². The first-order chi connectivity index (χ1) is 19.7. The van der Waals surface area contributed by atoms with Gasteiger partial charge in [0.2, 0.25) is 11.5 Å². The summed E-state index contributed by atoms with van der Waals surface area (Å²) in [5.41, 5.74) is 4.31. The number of rotatable bonds is 7. The molecule has 0 spiro atoms. The molecule has 2 aromatic carbocycles. The molecule has 0 bridgehead atoms. The predicted octanol–water partition coefficient (Wildman–Crippen LogP) is 5.47. The number of ketones is 1. The number of aryl methyl sites for hydroxylation is 1. The second-order valence-electron chi connectivity index (χ2n) is 12.0. The number of methoxy groups -OCH3 is 1. The van der Waals surface area contributed by atoms with Crippen LogP contribution >= 0.6 is 0 Å². The third kappa shape index (κ3) is 4.50. The number of anilines is 1. The zero-order valence-corrected chi connectivity index (χ0v) is 24.7. The van der Waals surface area contributed by atoms with E-state index < -0.39 is 22.6 Å². The molecule has 2 aliphatic heterocycles. The van der Waals surface area contributed by atoms with Crippen LogP contribution in [0.15, 0.2) is 71.2 Å². The zero-order valence-electron chi connectivity index (χ0n) is 24.7. The molecular weight excluding hydrogens is 545 g/mol. The molecule has 2 N–H and O–H groups in total. The standard InChI is InChI=1S/C33H36F3N2O4/c1-19-7-9-25-23(15-19)31(2,3)27(37(25)11-13-39)17-21-29(41)22(30(21)42-6)18-28-32(4,5)24-16-20(33(34,35)36)8-10-26(24)38(28)12-14-40/h7-10,15-18,39-40H,11-14H2,1-6H3/q+1. The van der Waals surface area contributed by atoms with Crippen LogP contribution < -0.4 is 4.90 Å². The maximum Gasteiger partial charge on any atom is 0.416 e. The number of carbonyl (C=O) groups excluding carboxylic acids is 1. The van der Waals surface area contributed by atoms with Crippen LogP contribution in [0.2, 0.25) is 0 Å². The molecule has 0 amide bonds. The Kier molecular flexibility index (Phi) is 7.26. The van der Waals surface area contributed by atoms with Gasteiger partial charge in [0.05, 0.1) is 35.8 Å². The number of fused-ring (bicyclic) bond motifs is 2. The van der Waals surface area contributed by atoms with Gasteiger partial charge in [0.15, 0.2) is 12.3 Å². The largest absolute Gasteiger partial charge is 0.495 e. The van der Waals surface area contributed by atoms with Crippen molar-refractivity contribution in [3.05, 3.63) is 93.4 Å². The molecular formula is C33H36F3N2O4+. The summed E-state index contributed by atoms with van der Waals surface area (Å²) in [6.45, 7) is 10.0. The Hall–Kier alpha value is -3.69. The minimum atomic E-state index is -4.50. The number of ether oxygens (including phenoxy) is 1. The lowest BCUT2D eigenvalue weighted by atomic mass is 9.77. The van der Waals surface area contributed by atoms with E-state index in [2.05, 4.69) is 19.9 Å². The van der Waals surface area contributed by atoms with Crippen LogP contribution in [0.25, 0.3) is 0 Å². The predicted molar refractivity (Wildman–Crippen MR) is 155 cm³/mol. The first kappa shape index (κ1) is 29.8. The normalized spacial score (nSPS) is 20.9. The maximum absolute atomic E-state index is 13.7. The van der Waals surface area contributed by atoms with E-state index in [0.29, 0.717) is 40.4 Å². The summed E-state index contributed by atoms with van der Waals surface area (Å²) in [5, 5.41) is 19.6. The lowest BCUT2D eigenvalue weighted by Gasteiger charge is -2.29. The molecule has 2 aromatic rings. The van der Waals surface area contributed by atoms with Crippen LogP contribution in [0.4, 0.5) is 24.5 Å². The Morgan fingerprint density at radius 3 is 2.31 bits per heavy atom. The van der Waals surface area contributed by atoms with Gasteiger partial charge >= 0.3 is 6.18 Å². The van der Waals surface area contributed by atoms with Crippen LogP contribution in [-0.2, 0) is 26.5 Å². The van der Waals surface area contributed by atoms with Crippen LogP contribution in [-0.4, -0.2) is 59.7 Å². The topological polar surface area (TPSA) is 73.0 Å². The Balaban J connectivity index is 1.61. The lowest BCUT2D eigenvalue weighted by molar-refractivity contribution is -0.441. The van der Waals surface area contributed by atoms with E-state index >= 15 is 0 Å².